The van der Waals surface area contributed by atoms with Gasteiger partial charge in [0.15, 0.2) is 0 Å². The maximum atomic E-state index is 13.0. The fraction of sp³-hybridized carbons (Fsp3) is 0.250. The standard InChI is InChI=1S/C28H28N2O2/c31-28(23-13-12-21-8-2-3-9-22(21)20-23)29-26-14-15-27(25-11-5-4-10-24(25)26)32-19-18-30-16-6-1-7-17-30/h2-5,8-15,20H,1,6-7,16-19H2,(H,29,31). The molecular weight excluding hydrogens is 396 g/mol. The van der Waals surface area contributed by atoms with E-state index in [0.717, 1.165) is 39.5 Å². The number of carbonyl (C=O) groups excluding carboxylic acids is 1. The zero-order valence-electron chi connectivity index (χ0n) is 18.2. The Labute approximate surface area is 188 Å². The molecule has 162 valence electrons. The highest BCUT2D eigenvalue weighted by atomic mass is 16.5. The number of anilines is 1. The third kappa shape index (κ3) is 4.46. The number of nitrogens with zero attached hydrogens (tertiary/aromatic N) is 1. The van der Waals surface area contributed by atoms with Crippen LogP contribution < -0.4 is 10.1 Å². The van der Waals surface area contributed by atoms with Gasteiger partial charge in [0.25, 0.3) is 5.91 Å². The number of nitrogens with one attached hydrogen (secondary N) is 1. The largest absolute Gasteiger partial charge is 0.492 e. The molecule has 1 heterocycles. The van der Waals surface area contributed by atoms with Gasteiger partial charge in [0.2, 0.25) is 0 Å². The average molecular weight is 425 g/mol. The molecule has 4 nitrogen and oxygen atoms in total. The lowest BCUT2D eigenvalue weighted by Gasteiger charge is -2.26. The molecule has 0 spiro atoms. The van der Waals surface area contributed by atoms with Gasteiger partial charge in [-0.15, -0.1) is 0 Å². The van der Waals surface area contributed by atoms with Crippen molar-refractivity contribution in [3.05, 3.63) is 84.4 Å². The van der Waals surface area contributed by atoms with Gasteiger partial charge in [0.1, 0.15) is 12.4 Å². The molecule has 0 unspecified atom stereocenters. The van der Waals surface area contributed by atoms with Crippen molar-refractivity contribution in [2.75, 3.05) is 31.6 Å². The summed E-state index contributed by atoms with van der Waals surface area (Å²) in [6.45, 7) is 3.97. The Morgan fingerprint density at radius 3 is 2.41 bits per heavy atom. The van der Waals surface area contributed by atoms with Crippen LogP contribution in [0, 0.1) is 0 Å². The fourth-order valence-corrected chi connectivity index (χ4v) is 4.50. The van der Waals surface area contributed by atoms with E-state index in [2.05, 4.69) is 22.3 Å². The molecule has 1 N–H and O–H groups in total. The second-order valence-corrected chi connectivity index (χ2v) is 8.42. The second kappa shape index (κ2) is 9.41. The minimum absolute atomic E-state index is 0.111. The van der Waals surface area contributed by atoms with Crippen LogP contribution in [0.2, 0.25) is 0 Å². The first-order valence-corrected chi connectivity index (χ1v) is 11.4. The normalized spacial score (nSPS) is 14.5. The number of hydrogen-bond acceptors (Lipinski definition) is 3. The summed E-state index contributed by atoms with van der Waals surface area (Å²) in [7, 11) is 0. The lowest BCUT2D eigenvalue weighted by Crippen LogP contribution is -2.33. The third-order valence-corrected chi connectivity index (χ3v) is 6.26. The lowest BCUT2D eigenvalue weighted by molar-refractivity contribution is 0.102. The highest BCUT2D eigenvalue weighted by molar-refractivity contribution is 6.11. The summed E-state index contributed by atoms with van der Waals surface area (Å²) in [5, 5.41) is 7.28. The molecule has 0 atom stereocenters. The number of fused-ring (bicyclic) bond motifs is 2. The number of hydrogen-bond donors (Lipinski definition) is 1. The number of benzene rings is 4. The minimum atomic E-state index is -0.111. The SMILES string of the molecule is O=C(Nc1ccc(OCCN2CCCCC2)c2ccccc12)c1ccc2ccccc2c1. The van der Waals surface area contributed by atoms with Crippen LogP contribution in [0.1, 0.15) is 29.6 Å². The van der Waals surface area contributed by atoms with E-state index in [1.165, 1.54) is 32.4 Å². The smallest absolute Gasteiger partial charge is 0.255 e. The molecule has 1 aliphatic rings. The fourth-order valence-electron chi connectivity index (χ4n) is 4.50. The van der Waals surface area contributed by atoms with Gasteiger partial charge in [-0.1, -0.05) is 61.0 Å². The molecule has 0 bridgehead atoms. The van der Waals surface area contributed by atoms with E-state index in [1.807, 2.05) is 66.7 Å². The first-order chi connectivity index (χ1) is 15.8. The van der Waals surface area contributed by atoms with Gasteiger partial charge in [-0.05, 0) is 61.0 Å². The first kappa shape index (κ1) is 20.5. The average Bonchev–Trinajstić information content (AvgIpc) is 2.85. The molecule has 0 radical (unpaired) electrons. The minimum Gasteiger partial charge on any atom is -0.492 e. The Kier molecular flexibility index (Phi) is 6.04. The molecule has 1 saturated heterocycles. The van der Waals surface area contributed by atoms with Crippen molar-refractivity contribution in [1.29, 1.82) is 0 Å². The molecular formula is C28H28N2O2. The molecule has 32 heavy (non-hydrogen) atoms. The summed E-state index contributed by atoms with van der Waals surface area (Å²) in [6, 6.07) is 25.9. The van der Waals surface area contributed by atoms with Crippen molar-refractivity contribution < 1.29 is 9.53 Å². The van der Waals surface area contributed by atoms with Crippen LogP contribution in [0.4, 0.5) is 5.69 Å². The molecule has 1 aliphatic heterocycles. The lowest BCUT2D eigenvalue weighted by atomic mass is 10.1. The monoisotopic (exact) mass is 424 g/mol. The Balaban J connectivity index is 1.33. The summed E-state index contributed by atoms with van der Waals surface area (Å²) >= 11 is 0. The predicted molar refractivity (Wildman–Crippen MR) is 132 cm³/mol. The number of rotatable bonds is 6. The topological polar surface area (TPSA) is 41.6 Å². The van der Waals surface area contributed by atoms with Crippen LogP contribution in [0.15, 0.2) is 78.9 Å². The van der Waals surface area contributed by atoms with Gasteiger partial charge in [-0.3, -0.25) is 9.69 Å². The zero-order valence-corrected chi connectivity index (χ0v) is 18.2. The highest BCUT2D eigenvalue weighted by Gasteiger charge is 2.13. The van der Waals surface area contributed by atoms with E-state index in [1.54, 1.807) is 0 Å². The maximum Gasteiger partial charge on any atom is 0.255 e. The second-order valence-electron chi connectivity index (χ2n) is 8.42. The number of piperidine rings is 1. The van der Waals surface area contributed by atoms with Crippen LogP contribution in [-0.4, -0.2) is 37.0 Å². The molecule has 1 amide bonds. The van der Waals surface area contributed by atoms with Crippen molar-refractivity contribution in [1.82, 2.24) is 4.90 Å². The Hall–Kier alpha value is -3.37. The zero-order chi connectivity index (χ0) is 21.8. The van der Waals surface area contributed by atoms with Crippen molar-refractivity contribution in [3.63, 3.8) is 0 Å². The first-order valence-electron chi connectivity index (χ1n) is 11.4. The number of amides is 1. The van der Waals surface area contributed by atoms with E-state index in [4.69, 9.17) is 4.74 Å². The van der Waals surface area contributed by atoms with Crippen LogP contribution in [0.25, 0.3) is 21.5 Å². The Morgan fingerprint density at radius 1 is 0.812 bits per heavy atom. The van der Waals surface area contributed by atoms with Gasteiger partial charge < -0.3 is 10.1 Å². The van der Waals surface area contributed by atoms with E-state index in [9.17, 15) is 4.79 Å². The summed E-state index contributed by atoms with van der Waals surface area (Å²) in [6.07, 6.45) is 3.91. The third-order valence-electron chi connectivity index (χ3n) is 6.26. The Morgan fingerprint density at radius 2 is 1.56 bits per heavy atom. The molecule has 4 aromatic rings. The van der Waals surface area contributed by atoms with Gasteiger partial charge >= 0.3 is 0 Å². The summed E-state index contributed by atoms with van der Waals surface area (Å²) < 4.78 is 6.16. The molecule has 0 aromatic heterocycles. The van der Waals surface area contributed by atoms with Gasteiger partial charge in [0.05, 0.1) is 0 Å². The molecule has 1 fully saturated rings. The van der Waals surface area contributed by atoms with Crippen LogP contribution in [0.5, 0.6) is 5.75 Å². The number of ether oxygens (including phenoxy) is 1. The highest BCUT2D eigenvalue weighted by Crippen LogP contribution is 2.32. The molecule has 5 rings (SSSR count). The summed E-state index contributed by atoms with van der Waals surface area (Å²) in [5.41, 5.74) is 1.44. The van der Waals surface area contributed by atoms with Crippen LogP contribution >= 0.6 is 0 Å². The van der Waals surface area contributed by atoms with Crippen LogP contribution in [0.3, 0.4) is 0 Å². The number of carbonyl (C=O) groups is 1. The van der Waals surface area contributed by atoms with Gasteiger partial charge in [0, 0.05) is 28.6 Å². The quantitative estimate of drug-likeness (QED) is 0.406. The van der Waals surface area contributed by atoms with Crippen LogP contribution in [-0.2, 0) is 0 Å². The number of likely N-dealkylation sites (tertiary alicyclic amines) is 1. The van der Waals surface area contributed by atoms with Crippen molar-refractivity contribution in [2.45, 2.75) is 19.3 Å². The van der Waals surface area contributed by atoms with E-state index in [-0.39, 0.29) is 5.91 Å². The molecule has 4 aromatic carbocycles. The maximum absolute atomic E-state index is 13.0. The predicted octanol–water partition coefficient (Wildman–Crippen LogP) is 6.11. The summed E-state index contributed by atoms with van der Waals surface area (Å²) in [4.78, 5) is 15.5. The molecule has 0 aliphatic carbocycles. The van der Waals surface area contributed by atoms with E-state index >= 15 is 0 Å². The van der Waals surface area contributed by atoms with Crippen molar-refractivity contribution in [2.24, 2.45) is 0 Å². The van der Waals surface area contributed by atoms with Crippen molar-refractivity contribution in [3.8, 4) is 5.75 Å². The van der Waals surface area contributed by atoms with E-state index < -0.39 is 0 Å². The summed E-state index contributed by atoms with van der Waals surface area (Å²) in [5.74, 6) is 0.751. The molecule has 0 saturated carbocycles. The van der Waals surface area contributed by atoms with Gasteiger partial charge in [-0.25, -0.2) is 0 Å². The van der Waals surface area contributed by atoms with E-state index in [0.29, 0.717) is 12.2 Å². The molecule has 4 heteroatoms. The van der Waals surface area contributed by atoms with Crippen molar-refractivity contribution >= 4 is 33.1 Å². The van der Waals surface area contributed by atoms with Gasteiger partial charge in [-0.2, -0.15) is 0 Å². The Bertz CT molecular complexity index is 1240.